The molecule has 2 rings (SSSR count). The van der Waals surface area contributed by atoms with Gasteiger partial charge in [0.2, 0.25) is 0 Å². The van der Waals surface area contributed by atoms with Gasteiger partial charge in [0.05, 0.1) is 5.25 Å². The van der Waals surface area contributed by atoms with Crippen molar-refractivity contribution in [2.24, 2.45) is 0 Å². The topological polar surface area (TPSA) is 37.8 Å². The molecule has 0 aliphatic carbocycles. The zero-order valence-corrected chi connectivity index (χ0v) is 12.6. The molecule has 0 saturated carbocycles. The Hall–Kier alpha value is -0.770. The lowest BCUT2D eigenvalue weighted by Gasteiger charge is -2.18. The molecule has 18 heavy (non-hydrogen) atoms. The zero-order chi connectivity index (χ0) is 13.1. The minimum absolute atomic E-state index is 0.462. The highest BCUT2D eigenvalue weighted by atomic mass is 32.2. The van der Waals surface area contributed by atoms with Crippen LogP contribution in [-0.4, -0.2) is 22.3 Å². The molecule has 1 unspecified atom stereocenters. The standard InChI is InChI=1S/C14H23N3S/c1-5-15-14-12(9(2)3)10(4)16-13(17-14)11-7-6-8-18-11/h9,11H,5-8H2,1-4H3,(H,15,16,17). The summed E-state index contributed by atoms with van der Waals surface area (Å²) in [5.74, 6) is 3.78. The minimum Gasteiger partial charge on any atom is -0.370 e. The molecule has 1 saturated heterocycles. The maximum atomic E-state index is 4.78. The summed E-state index contributed by atoms with van der Waals surface area (Å²) in [4.78, 5) is 9.53. The summed E-state index contributed by atoms with van der Waals surface area (Å²) >= 11 is 1.99. The monoisotopic (exact) mass is 265 g/mol. The third kappa shape index (κ3) is 2.79. The van der Waals surface area contributed by atoms with Gasteiger partial charge in [0.25, 0.3) is 0 Å². The molecule has 0 spiro atoms. The van der Waals surface area contributed by atoms with E-state index in [0.717, 1.165) is 23.9 Å². The molecule has 0 aromatic carbocycles. The van der Waals surface area contributed by atoms with Crippen LogP contribution in [0.3, 0.4) is 0 Å². The van der Waals surface area contributed by atoms with Crippen molar-refractivity contribution in [2.45, 2.75) is 51.7 Å². The van der Waals surface area contributed by atoms with Crippen molar-refractivity contribution in [3.05, 3.63) is 17.1 Å². The molecule has 1 aliphatic heterocycles. The van der Waals surface area contributed by atoms with E-state index in [1.807, 2.05) is 11.8 Å². The molecule has 1 aliphatic rings. The van der Waals surface area contributed by atoms with E-state index in [0.29, 0.717) is 11.2 Å². The van der Waals surface area contributed by atoms with Crippen molar-refractivity contribution in [2.75, 3.05) is 17.6 Å². The summed E-state index contributed by atoms with van der Waals surface area (Å²) < 4.78 is 0. The van der Waals surface area contributed by atoms with Gasteiger partial charge in [-0.1, -0.05) is 13.8 Å². The third-order valence-electron chi connectivity index (χ3n) is 3.29. The number of thioether (sulfide) groups is 1. The van der Waals surface area contributed by atoms with E-state index < -0.39 is 0 Å². The summed E-state index contributed by atoms with van der Waals surface area (Å²) in [6, 6.07) is 0. The van der Waals surface area contributed by atoms with Crippen molar-refractivity contribution in [1.82, 2.24) is 9.97 Å². The third-order valence-corrected chi connectivity index (χ3v) is 4.67. The summed E-state index contributed by atoms with van der Waals surface area (Å²) in [7, 11) is 0. The number of nitrogens with zero attached hydrogens (tertiary/aromatic N) is 2. The van der Waals surface area contributed by atoms with Gasteiger partial charge in [-0.25, -0.2) is 9.97 Å². The molecule has 1 N–H and O–H groups in total. The fourth-order valence-electron chi connectivity index (χ4n) is 2.52. The lowest BCUT2D eigenvalue weighted by atomic mass is 10.0. The number of hydrogen-bond acceptors (Lipinski definition) is 4. The predicted octanol–water partition coefficient (Wildman–Crippen LogP) is 3.91. The largest absolute Gasteiger partial charge is 0.370 e. The summed E-state index contributed by atoms with van der Waals surface area (Å²) in [5, 5.41) is 3.90. The second kappa shape index (κ2) is 5.91. The van der Waals surface area contributed by atoms with Crippen LogP contribution < -0.4 is 5.32 Å². The second-order valence-electron chi connectivity index (χ2n) is 5.12. The normalized spacial score (nSPS) is 19.5. The van der Waals surface area contributed by atoms with Crippen LogP contribution in [0.5, 0.6) is 0 Å². The minimum atomic E-state index is 0.462. The molecule has 0 amide bonds. The average molecular weight is 265 g/mol. The van der Waals surface area contributed by atoms with E-state index in [1.165, 1.54) is 24.2 Å². The van der Waals surface area contributed by atoms with Gasteiger partial charge in [-0.3, -0.25) is 0 Å². The van der Waals surface area contributed by atoms with Gasteiger partial charge < -0.3 is 5.32 Å². The SMILES string of the molecule is CCNc1nc(C2CCCS2)nc(C)c1C(C)C. The molecular weight excluding hydrogens is 242 g/mol. The number of rotatable bonds is 4. The van der Waals surface area contributed by atoms with Crippen molar-refractivity contribution in [3.8, 4) is 0 Å². The van der Waals surface area contributed by atoms with Crippen molar-refractivity contribution >= 4 is 17.6 Å². The second-order valence-corrected chi connectivity index (χ2v) is 6.43. The van der Waals surface area contributed by atoms with Gasteiger partial charge in [0.15, 0.2) is 0 Å². The molecule has 2 heterocycles. The lowest BCUT2D eigenvalue weighted by Crippen LogP contribution is -2.12. The van der Waals surface area contributed by atoms with Crippen LogP contribution in [0.25, 0.3) is 0 Å². The van der Waals surface area contributed by atoms with E-state index in [4.69, 9.17) is 9.97 Å². The van der Waals surface area contributed by atoms with Crippen molar-refractivity contribution < 1.29 is 0 Å². The first-order valence-electron chi connectivity index (χ1n) is 6.87. The highest BCUT2D eigenvalue weighted by Gasteiger charge is 2.23. The van der Waals surface area contributed by atoms with Gasteiger partial charge >= 0.3 is 0 Å². The van der Waals surface area contributed by atoms with Gasteiger partial charge in [0, 0.05) is 17.8 Å². The van der Waals surface area contributed by atoms with Crippen molar-refractivity contribution in [1.29, 1.82) is 0 Å². The molecule has 1 aromatic heterocycles. The van der Waals surface area contributed by atoms with E-state index in [9.17, 15) is 0 Å². The Morgan fingerprint density at radius 2 is 2.17 bits per heavy atom. The maximum absolute atomic E-state index is 4.78. The quantitative estimate of drug-likeness (QED) is 0.895. The molecule has 100 valence electrons. The van der Waals surface area contributed by atoms with Crippen LogP contribution >= 0.6 is 11.8 Å². The molecule has 3 nitrogen and oxygen atoms in total. The van der Waals surface area contributed by atoms with Gasteiger partial charge in [0.1, 0.15) is 11.6 Å². The van der Waals surface area contributed by atoms with Crippen LogP contribution in [0.4, 0.5) is 5.82 Å². The highest BCUT2D eigenvalue weighted by molar-refractivity contribution is 7.99. The Morgan fingerprint density at radius 1 is 1.39 bits per heavy atom. The van der Waals surface area contributed by atoms with E-state index in [1.54, 1.807) is 0 Å². The first kappa shape index (κ1) is 13.7. The number of anilines is 1. The Morgan fingerprint density at radius 3 is 2.72 bits per heavy atom. The van der Waals surface area contributed by atoms with Gasteiger partial charge in [-0.15, -0.1) is 0 Å². The van der Waals surface area contributed by atoms with Gasteiger partial charge in [-0.05, 0) is 38.4 Å². The summed E-state index contributed by atoms with van der Waals surface area (Å²) in [6.45, 7) is 9.55. The smallest absolute Gasteiger partial charge is 0.143 e. The Kier molecular flexibility index (Phi) is 4.49. The molecule has 1 aromatic rings. The number of nitrogens with one attached hydrogen (secondary N) is 1. The summed E-state index contributed by atoms with van der Waals surface area (Å²) in [5.41, 5.74) is 2.40. The lowest BCUT2D eigenvalue weighted by molar-refractivity contribution is 0.752. The molecule has 0 bridgehead atoms. The average Bonchev–Trinajstić information content (AvgIpc) is 2.81. The van der Waals surface area contributed by atoms with E-state index in [-0.39, 0.29) is 0 Å². The van der Waals surface area contributed by atoms with Crippen LogP contribution in [0.1, 0.15) is 61.9 Å². The first-order valence-corrected chi connectivity index (χ1v) is 7.92. The number of aromatic nitrogens is 2. The van der Waals surface area contributed by atoms with Crippen LogP contribution in [0.2, 0.25) is 0 Å². The Labute approximate surface area is 114 Å². The van der Waals surface area contributed by atoms with Crippen LogP contribution in [0.15, 0.2) is 0 Å². The fraction of sp³-hybridized carbons (Fsp3) is 0.714. The maximum Gasteiger partial charge on any atom is 0.143 e. The van der Waals surface area contributed by atoms with E-state index in [2.05, 4.69) is 33.0 Å². The summed E-state index contributed by atoms with van der Waals surface area (Å²) in [6.07, 6.45) is 2.51. The molecule has 1 fully saturated rings. The Bertz CT molecular complexity index is 412. The Balaban J connectivity index is 2.39. The predicted molar refractivity (Wildman–Crippen MR) is 79.5 cm³/mol. The molecular formula is C14H23N3S. The van der Waals surface area contributed by atoms with E-state index >= 15 is 0 Å². The number of hydrogen-bond donors (Lipinski definition) is 1. The van der Waals surface area contributed by atoms with Crippen LogP contribution in [0, 0.1) is 6.92 Å². The van der Waals surface area contributed by atoms with Crippen LogP contribution in [-0.2, 0) is 0 Å². The highest BCUT2D eigenvalue weighted by Crippen LogP contribution is 2.39. The van der Waals surface area contributed by atoms with Gasteiger partial charge in [-0.2, -0.15) is 11.8 Å². The molecule has 1 atom stereocenters. The molecule has 4 heteroatoms. The number of aryl methyl sites for hydroxylation is 1. The first-order chi connectivity index (χ1) is 8.63. The molecule has 0 radical (unpaired) electrons. The zero-order valence-electron chi connectivity index (χ0n) is 11.8. The fourth-order valence-corrected chi connectivity index (χ4v) is 3.73. The van der Waals surface area contributed by atoms with Crippen molar-refractivity contribution in [3.63, 3.8) is 0 Å².